The third-order valence-electron chi connectivity index (χ3n) is 4.52. The lowest BCUT2D eigenvalue weighted by molar-refractivity contribution is -0.919. The Balaban J connectivity index is 0. The van der Waals surface area contributed by atoms with E-state index in [0.717, 1.165) is 13.0 Å². The van der Waals surface area contributed by atoms with Gasteiger partial charge in [-0.15, -0.1) is 0 Å². The number of nitrogens with one attached hydrogen (secondary N) is 1. The molecule has 0 aromatic rings. The molecule has 0 aliphatic rings. The Hall–Kier alpha value is -0.540. The number of likely N-dealkylation sites (N-methyl/N-ethyl adjacent to an activating group) is 1. The molecule has 25 heavy (non-hydrogen) atoms. The Labute approximate surface area is 163 Å². The number of rotatable bonds is 17. The molecule has 0 aromatic heterocycles. The van der Waals surface area contributed by atoms with Gasteiger partial charge in [-0.25, -0.2) is 10.0 Å². The summed E-state index contributed by atoms with van der Waals surface area (Å²) < 4.78 is 0.487. The van der Waals surface area contributed by atoms with E-state index in [1.165, 1.54) is 77.0 Å². The van der Waals surface area contributed by atoms with Gasteiger partial charge in [0.25, 0.3) is 5.91 Å². The molecule has 0 aliphatic carbocycles. The summed E-state index contributed by atoms with van der Waals surface area (Å²) in [4.78, 5) is 11.9. The van der Waals surface area contributed by atoms with Crippen molar-refractivity contribution in [3.63, 3.8) is 0 Å². The van der Waals surface area contributed by atoms with Crippen LogP contribution in [0.2, 0.25) is 0 Å². The molecule has 0 aliphatic heterocycles. The highest BCUT2D eigenvalue weighted by atomic mass is 35.5. The van der Waals surface area contributed by atoms with E-state index in [1.54, 1.807) is 0 Å². The highest BCUT2D eigenvalue weighted by Crippen LogP contribution is 2.13. The summed E-state index contributed by atoms with van der Waals surface area (Å²) in [5, 5.41) is 0. The van der Waals surface area contributed by atoms with Crippen molar-refractivity contribution in [3.8, 4) is 0 Å². The van der Waals surface area contributed by atoms with Crippen LogP contribution in [-0.2, 0) is 4.79 Å². The summed E-state index contributed by atoms with van der Waals surface area (Å²) >= 11 is 0. The molecule has 0 unspecified atom stereocenters. The molecule has 3 nitrogen and oxygen atoms in total. The lowest BCUT2D eigenvalue weighted by Gasteiger charge is -2.27. The molecule has 1 N–H and O–H groups in total. The maximum absolute atomic E-state index is 11.9. The number of hydrogen-bond donors (Lipinski definition) is 1. The number of unbranched alkanes of at least 4 members (excludes halogenated alkanes) is 12. The molecule has 0 heterocycles. The number of quaternary nitrogens is 1. The molecular weight excluding hydrogens is 332 g/mol. The van der Waals surface area contributed by atoms with Crippen LogP contribution in [0.5, 0.6) is 0 Å². The molecule has 0 fully saturated rings. The van der Waals surface area contributed by atoms with Gasteiger partial charge >= 0.3 is 0 Å². The zero-order valence-electron chi connectivity index (χ0n) is 17.1. The van der Waals surface area contributed by atoms with Crippen molar-refractivity contribution in [2.45, 2.75) is 96.8 Å². The second kappa shape index (κ2) is 18.3. The van der Waals surface area contributed by atoms with E-state index in [2.05, 4.69) is 18.9 Å². The third kappa shape index (κ3) is 19.6. The van der Waals surface area contributed by atoms with Crippen LogP contribution in [0.4, 0.5) is 0 Å². The standard InChI is InChI=1S/C21H42N2O.ClH/c1-5-7-8-9-10-11-12-13-14-15-16-17-18-19-21(24)22-23(3,4)20-6-2;/h6H,2,5,7-20H2,1,3-4H3;1H. The first-order valence-electron chi connectivity index (χ1n) is 10.3. The molecule has 0 saturated heterocycles. The van der Waals surface area contributed by atoms with Crippen molar-refractivity contribution in [3.05, 3.63) is 12.7 Å². The largest absolute Gasteiger partial charge is 1.00 e. The summed E-state index contributed by atoms with van der Waals surface area (Å²) in [6.45, 7) is 6.75. The molecule has 0 bridgehead atoms. The minimum absolute atomic E-state index is 0. The van der Waals surface area contributed by atoms with Crippen molar-refractivity contribution in [1.82, 2.24) is 5.43 Å². The Morgan fingerprint density at radius 3 is 1.64 bits per heavy atom. The van der Waals surface area contributed by atoms with E-state index < -0.39 is 0 Å². The van der Waals surface area contributed by atoms with Gasteiger partial charge in [0.15, 0.2) is 0 Å². The fourth-order valence-electron chi connectivity index (χ4n) is 3.07. The van der Waals surface area contributed by atoms with Crippen LogP contribution in [0.1, 0.15) is 96.8 Å². The Kier molecular flexibility index (Phi) is 19.5. The first-order valence-corrected chi connectivity index (χ1v) is 10.3. The van der Waals surface area contributed by atoms with Gasteiger partial charge in [0, 0.05) is 6.42 Å². The zero-order chi connectivity index (χ0) is 18.1. The third-order valence-corrected chi connectivity index (χ3v) is 4.52. The maximum Gasteiger partial charge on any atom is 0.264 e. The number of halogens is 1. The monoisotopic (exact) mass is 374 g/mol. The van der Waals surface area contributed by atoms with Crippen LogP contribution in [0.3, 0.4) is 0 Å². The normalized spacial score (nSPS) is 11.0. The van der Waals surface area contributed by atoms with Crippen LogP contribution < -0.4 is 17.8 Å². The SMILES string of the molecule is C=CC[N+](C)(C)NC(=O)CCCCCCCCCCCCCCC.[Cl-]. The number of carbonyl (C=O) groups excluding carboxylic acids is 1. The van der Waals surface area contributed by atoms with Crippen molar-refractivity contribution in [2.75, 3.05) is 20.6 Å². The second-order valence-corrected chi connectivity index (χ2v) is 7.68. The molecule has 0 rings (SSSR count). The second-order valence-electron chi connectivity index (χ2n) is 7.68. The predicted octanol–water partition coefficient (Wildman–Crippen LogP) is 2.77. The quantitative estimate of drug-likeness (QED) is 0.180. The first kappa shape index (κ1) is 26.7. The van der Waals surface area contributed by atoms with E-state index in [1.807, 2.05) is 20.2 Å². The number of carbonyl (C=O) groups is 1. The van der Waals surface area contributed by atoms with Crippen LogP contribution in [0, 0.1) is 0 Å². The van der Waals surface area contributed by atoms with Gasteiger partial charge in [-0.1, -0.05) is 90.6 Å². The van der Waals surface area contributed by atoms with Gasteiger partial charge < -0.3 is 12.4 Å². The summed E-state index contributed by atoms with van der Waals surface area (Å²) in [5.41, 5.74) is 3.03. The van der Waals surface area contributed by atoms with Crippen LogP contribution in [0.15, 0.2) is 12.7 Å². The van der Waals surface area contributed by atoms with Crippen molar-refractivity contribution in [1.29, 1.82) is 0 Å². The lowest BCUT2D eigenvalue weighted by atomic mass is 10.0. The van der Waals surface area contributed by atoms with Gasteiger partial charge in [0.05, 0.1) is 14.1 Å². The summed E-state index contributed by atoms with van der Waals surface area (Å²) in [6.07, 6.45) is 19.9. The van der Waals surface area contributed by atoms with Crippen molar-refractivity contribution in [2.24, 2.45) is 0 Å². The Bertz CT molecular complexity index is 319. The Morgan fingerprint density at radius 2 is 1.24 bits per heavy atom. The molecule has 1 amide bonds. The van der Waals surface area contributed by atoms with Gasteiger partial charge in [-0.05, 0) is 12.5 Å². The number of amides is 1. The smallest absolute Gasteiger partial charge is 0.264 e. The summed E-state index contributed by atoms with van der Waals surface area (Å²) in [7, 11) is 3.98. The van der Waals surface area contributed by atoms with Gasteiger partial charge in [0.1, 0.15) is 6.54 Å². The highest BCUT2D eigenvalue weighted by Gasteiger charge is 2.16. The molecule has 150 valence electrons. The number of nitrogens with zero attached hydrogens (tertiary/aromatic N) is 1. The molecule has 0 atom stereocenters. The molecule has 0 saturated carbocycles. The molecule has 0 aromatic carbocycles. The molecule has 0 spiro atoms. The van der Waals surface area contributed by atoms with Crippen LogP contribution in [0.25, 0.3) is 0 Å². The lowest BCUT2D eigenvalue weighted by Crippen LogP contribution is -3.00. The zero-order valence-corrected chi connectivity index (χ0v) is 17.9. The minimum atomic E-state index is 0. The van der Waals surface area contributed by atoms with Crippen molar-refractivity contribution < 1.29 is 21.8 Å². The van der Waals surface area contributed by atoms with Gasteiger partial charge in [-0.2, -0.15) is 0 Å². The van der Waals surface area contributed by atoms with Gasteiger partial charge in [0.2, 0.25) is 0 Å². The van der Waals surface area contributed by atoms with E-state index >= 15 is 0 Å². The summed E-state index contributed by atoms with van der Waals surface area (Å²) in [5.74, 6) is 0.157. The average molecular weight is 375 g/mol. The van der Waals surface area contributed by atoms with E-state index in [9.17, 15) is 4.79 Å². The highest BCUT2D eigenvalue weighted by molar-refractivity contribution is 5.74. The average Bonchev–Trinajstić information content (AvgIpc) is 2.51. The van der Waals surface area contributed by atoms with E-state index in [-0.39, 0.29) is 18.3 Å². The maximum atomic E-state index is 11.9. The Morgan fingerprint density at radius 1 is 0.840 bits per heavy atom. The van der Waals surface area contributed by atoms with Gasteiger partial charge in [-0.3, -0.25) is 4.79 Å². The summed E-state index contributed by atoms with van der Waals surface area (Å²) in [6, 6.07) is 0. The molecular formula is C21H43ClN2O. The first-order chi connectivity index (χ1) is 11.5. The van der Waals surface area contributed by atoms with Crippen LogP contribution in [-0.4, -0.2) is 31.1 Å². The molecule has 0 radical (unpaired) electrons. The fourth-order valence-corrected chi connectivity index (χ4v) is 3.07. The topological polar surface area (TPSA) is 29.1 Å². The fraction of sp³-hybridized carbons (Fsp3) is 0.857. The minimum Gasteiger partial charge on any atom is -1.00 e. The van der Waals surface area contributed by atoms with Crippen LogP contribution >= 0.6 is 0 Å². The molecule has 4 heteroatoms. The van der Waals surface area contributed by atoms with E-state index in [4.69, 9.17) is 0 Å². The van der Waals surface area contributed by atoms with E-state index in [0.29, 0.717) is 11.0 Å². The number of hydrogen-bond acceptors (Lipinski definition) is 1. The predicted molar refractivity (Wildman–Crippen MR) is 106 cm³/mol. The van der Waals surface area contributed by atoms with Crippen molar-refractivity contribution >= 4 is 5.91 Å².